The zero-order valence-corrected chi connectivity index (χ0v) is 19.7. The molecule has 2 aromatic rings. The van der Waals surface area contributed by atoms with Crippen LogP contribution < -0.4 is 4.74 Å². The van der Waals surface area contributed by atoms with E-state index < -0.39 is 6.10 Å². The van der Waals surface area contributed by atoms with E-state index in [1.165, 1.54) is 4.90 Å². The summed E-state index contributed by atoms with van der Waals surface area (Å²) in [4.78, 5) is 13.8. The number of nitrogens with zero attached hydrogens (tertiary/aromatic N) is 1. The fourth-order valence-electron chi connectivity index (χ4n) is 3.61. The van der Waals surface area contributed by atoms with Gasteiger partial charge in [0, 0.05) is 14.1 Å². The molecule has 30 heavy (non-hydrogen) atoms. The Hall–Kier alpha value is -2.27. The van der Waals surface area contributed by atoms with Crippen molar-refractivity contribution in [3.8, 4) is 5.75 Å². The molecule has 0 aliphatic heterocycles. The van der Waals surface area contributed by atoms with Crippen molar-refractivity contribution in [1.82, 2.24) is 4.90 Å². The Morgan fingerprint density at radius 2 is 1.77 bits per heavy atom. The predicted octanol–water partition coefficient (Wildman–Crippen LogP) is 5.18. The first-order chi connectivity index (χ1) is 14.0. The van der Waals surface area contributed by atoms with E-state index in [4.69, 9.17) is 9.15 Å². The molecule has 1 aromatic heterocycles. The number of aliphatic hydroxyl groups excluding tert-OH is 1. The third kappa shape index (κ3) is 4.89. The van der Waals surface area contributed by atoms with Crippen LogP contribution in [-0.4, -0.2) is 42.7 Å². The van der Waals surface area contributed by atoms with Crippen LogP contribution in [-0.2, 0) is 5.41 Å². The van der Waals surface area contributed by atoms with Crippen LogP contribution in [0.15, 0.2) is 34.7 Å². The van der Waals surface area contributed by atoms with Crippen molar-refractivity contribution < 1.29 is 19.1 Å². The summed E-state index contributed by atoms with van der Waals surface area (Å²) in [5, 5.41) is 10.3. The molecule has 1 N–H and O–H groups in total. The molecule has 2 rings (SSSR count). The molecule has 1 heterocycles. The molecular weight excluding hydrogens is 378 g/mol. The molecule has 5 heteroatoms. The highest BCUT2D eigenvalue weighted by molar-refractivity contribution is 5.91. The van der Waals surface area contributed by atoms with Gasteiger partial charge in [0.1, 0.15) is 18.1 Å². The number of ether oxygens (including phenoxy) is 1. The van der Waals surface area contributed by atoms with E-state index in [1.807, 2.05) is 39.8 Å². The number of hydrogen-bond donors (Lipinski definition) is 1. The second-order valence-electron chi connectivity index (χ2n) is 9.33. The average Bonchev–Trinajstić information content (AvgIpc) is 3.17. The van der Waals surface area contributed by atoms with E-state index >= 15 is 0 Å². The number of amides is 1. The molecule has 5 nitrogen and oxygen atoms in total. The van der Waals surface area contributed by atoms with Gasteiger partial charge in [-0.2, -0.15) is 0 Å². The summed E-state index contributed by atoms with van der Waals surface area (Å²) in [5.41, 5.74) is 1.59. The predicted molar refractivity (Wildman–Crippen MR) is 120 cm³/mol. The summed E-state index contributed by atoms with van der Waals surface area (Å²) in [7, 11) is 3.44. The molecule has 0 bridgehead atoms. The van der Waals surface area contributed by atoms with Crippen LogP contribution in [0.5, 0.6) is 5.75 Å². The van der Waals surface area contributed by atoms with Gasteiger partial charge in [0.15, 0.2) is 5.76 Å². The number of rotatable bonds is 8. The van der Waals surface area contributed by atoms with Crippen LogP contribution in [0.1, 0.15) is 74.9 Å². The minimum absolute atomic E-state index is 0.139. The Kier molecular flexibility index (Phi) is 7.40. The number of hydrogen-bond acceptors (Lipinski definition) is 4. The highest BCUT2D eigenvalue weighted by Gasteiger charge is 2.35. The molecule has 0 radical (unpaired) electrons. The van der Waals surface area contributed by atoms with Gasteiger partial charge in [0.05, 0.1) is 11.5 Å². The molecule has 1 amide bonds. The zero-order chi connectivity index (χ0) is 22.7. The van der Waals surface area contributed by atoms with E-state index in [2.05, 4.69) is 26.0 Å². The largest absolute Gasteiger partial charge is 0.491 e. The molecule has 1 atom stereocenters. The van der Waals surface area contributed by atoms with Crippen molar-refractivity contribution in [2.75, 3.05) is 20.7 Å². The SMILES string of the molecule is CCC(CC)(c1ccc(OCC(O)C(C)(C)C)c(C)c1)c1ccc(C(=O)N(C)C)o1. The molecule has 0 fully saturated rings. The van der Waals surface area contributed by atoms with Gasteiger partial charge in [0.2, 0.25) is 0 Å². The maximum atomic E-state index is 12.3. The number of carbonyl (C=O) groups excluding carboxylic acids is 1. The van der Waals surface area contributed by atoms with Gasteiger partial charge in [-0.15, -0.1) is 0 Å². The fourth-order valence-corrected chi connectivity index (χ4v) is 3.61. The van der Waals surface area contributed by atoms with Gasteiger partial charge >= 0.3 is 0 Å². The van der Waals surface area contributed by atoms with Crippen LogP contribution in [0, 0.1) is 12.3 Å². The van der Waals surface area contributed by atoms with Gasteiger partial charge in [-0.05, 0) is 54.5 Å². The molecule has 0 aliphatic rings. The lowest BCUT2D eigenvalue weighted by Crippen LogP contribution is -2.32. The molecule has 0 saturated carbocycles. The van der Waals surface area contributed by atoms with Gasteiger partial charge < -0.3 is 19.2 Å². The normalized spacial score (nSPS) is 13.2. The molecular formula is C25H37NO4. The van der Waals surface area contributed by atoms with E-state index in [0.29, 0.717) is 5.76 Å². The van der Waals surface area contributed by atoms with Crippen LogP contribution in [0.2, 0.25) is 0 Å². The van der Waals surface area contributed by atoms with Crippen molar-refractivity contribution in [1.29, 1.82) is 0 Å². The van der Waals surface area contributed by atoms with Crippen molar-refractivity contribution in [3.63, 3.8) is 0 Å². The first-order valence-corrected chi connectivity index (χ1v) is 10.7. The lowest BCUT2D eigenvalue weighted by molar-refractivity contribution is 0.0216. The number of carbonyl (C=O) groups is 1. The minimum Gasteiger partial charge on any atom is -0.491 e. The third-order valence-electron chi connectivity index (χ3n) is 6.03. The lowest BCUT2D eigenvalue weighted by Gasteiger charge is -2.31. The number of benzene rings is 1. The second kappa shape index (κ2) is 9.25. The van der Waals surface area contributed by atoms with Crippen molar-refractivity contribution in [3.05, 3.63) is 53.0 Å². The average molecular weight is 416 g/mol. The molecule has 0 spiro atoms. The molecule has 0 aliphatic carbocycles. The quantitative estimate of drug-likeness (QED) is 0.645. The van der Waals surface area contributed by atoms with Crippen molar-refractivity contribution in [2.45, 2.75) is 65.9 Å². The Balaban J connectivity index is 2.34. The van der Waals surface area contributed by atoms with Gasteiger partial charge in [0.25, 0.3) is 5.91 Å². The number of furan rings is 1. The van der Waals surface area contributed by atoms with Gasteiger partial charge in [-0.3, -0.25) is 4.79 Å². The first kappa shape index (κ1) is 24.0. The fraction of sp³-hybridized carbons (Fsp3) is 0.560. The van der Waals surface area contributed by atoms with Crippen molar-refractivity contribution >= 4 is 5.91 Å². The zero-order valence-electron chi connectivity index (χ0n) is 19.7. The Morgan fingerprint density at radius 3 is 2.27 bits per heavy atom. The van der Waals surface area contributed by atoms with Gasteiger partial charge in [-0.1, -0.05) is 46.8 Å². The summed E-state index contributed by atoms with van der Waals surface area (Å²) < 4.78 is 11.9. The van der Waals surface area contributed by atoms with Crippen molar-refractivity contribution in [2.24, 2.45) is 5.41 Å². The second-order valence-corrected chi connectivity index (χ2v) is 9.33. The van der Waals surface area contributed by atoms with Crippen LogP contribution >= 0.6 is 0 Å². The molecule has 0 saturated heterocycles. The van der Waals surface area contributed by atoms with E-state index in [1.54, 1.807) is 20.2 Å². The summed E-state index contributed by atoms with van der Waals surface area (Å²) in [6, 6.07) is 9.84. The van der Waals surface area contributed by atoms with Crippen LogP contribution in [0.25, 0.3) is 0 Å². The van der Waals surface area contributed by atoms with Crippen LogP contribution in [0.4, 0.5) is 0 Å². The lowest BCUT2D eigenvalue weighted by atomic mass is 9.73. The standard InChI is InChI=1S/C25H37NO4/c1-9-25(10-2,22-14-13-20(30-22)23(28)26(7)8)18-11-12-19(17(3)15-18)29-16-21(27)24(4,5)6/h11-15,21,27H,9-10,16H2,1-8H3. The van der Waals surface area contributed by atoms with Gasteiger partial charge in [-0.25, -0.2) is 0 Å². The topological polar surface area (TPSA) is 62.9 Å². The Labute approximate surface area is 181 Å². The minimum atomic E-state index is -0.544. The summed E-state index contributed by atoms with van der Waals surface area (Å²) in [6.07, 6.45) is 1.14. The van der Waals surface area contributed by atoms with Crippen LogP contribution in [0.3, 0.4) is 0 Å². The molecule has 166 valence electrons. The maximum absolute atomic E-state index is 12.3. The summed E-state index contributed by atoms with van der Waals surface area (Å²) in [6.45, 7) is 12.5. The summed E-state index contributed by atoms with van der Waals surface area (Å²) >= 11 is 0. The monoisotopic (exact) mass is 415 g/mol. The Bertz CT molecular complexity index is 856. The third-order valence-corrected chi connectivity index (χ3v) is 6.03. The van der Waals surface area contributed by atoms with E-state index in [-0.39, 0.29) is 23.3 Å². The molecule has 1 unspecified atom stereocenters. The Morgan fingerprint density at radius 1 is 1.13 bits per heavy atom. The first-order valence-electron chi connectivity index (χ1n) is 10.7. The number of aliphatic hydroxyl groups is 1. The summed E-state index contributed by atoms with van der Waals surface area (Å²) in [5.74, 6) is 1.79. The van der Waals surface area contributed by atoms with E-state index in [0.717, 1.165) is 35.5 Å². The van der Waals surface area contributed by atoms with E-state index in [9.17, 15) is 9.90 Å². The highest BCUT2D eigenvalue weighted by Crippen LogP contribution is 2.41. The maximum Gasteiger partial charge on any atom is 0.289 e. The molecule has 1 aromatic carbocycles. The smallest absolute Gasteiger partial charge is 0.289 e. The highest BCUT2D eigenvalue weighted by atomic mass is 16.5. The number of aryl methyl sites for hydroxylation is 1.